The van der Waals surface area contributed by atoms with E-state index in [1.807, 2.05) is 26.8 Å². The van der Waals surface area contributed by atoms with Crippen molar-refractivity contribution in [1.29, 1.82) is 0 Å². The Morgan fingerprint density at radius 2 is 2.19 bits per heavy atom. The van der Waals surface area contributed by atoms with E-state index in [4.69, 9.17) is 5.11 Å². The van der Waals surface area contributed by atoms with E-state index >= 15 is 0 Å². The summed E-state index contributed by atoms with van der Waals surface area (Å²) in [4.78, 5) is 2.37. The lowest BCUT2D eigenvalue weighted by Gasteiger charge is -2.13. The highest BCUT2D eigenvalue weighted by atomic mass is 32.2. The highest BCUT2D eigenvalue weighted by molar-refractivity contribution is 7.89. The minimum absolute atomic E-state index is 0.0849. The van der Waals surface area contributed by atoms with Crippen molar-refractivity contribution >= 4 is 21.4 Å². The molecule has 2 aromatic rings. The summed E-state index contributed by atoms with van der Waals surface area (Å²) in [7, 11) is -3.62. The van der Waals surface area contributed by atoms with Gasteiger partial charge in [0.25, 0.3) is 0 Å². The Morgan fingerprint density at radius 3 is 2.76 bits per heavy atom. The van der Waals surface area contributed by atoms with Crippen LogP contribution < -0.4 is 4.72 Å². The van der Waals surface area contributed by atoms with Crippen LogP contribution in [-0.4, -0.2) is 29.9 Å². The first-order valence-electron chi connectivity index (χ1n) is 6.56. The first kappa shape index (κ1) is 16.2. The van der Waals surface area contributed by atoms with Crippen molar-refractivity contribution in [2.24, 2.45) is 0 Å². The number of nitrogens with one attached hydrogen (secondary N) is 1. The number of rotatable bonds is 6. The van der Waals surface area contributed by atoms with Gasteiger partial charge in [0, 0.05) is 22.0 Å². The third-order valence-electron chi connectivity index (χ3n) is 3.13. The molecule has 1 unspecified atom stereocenters. The molecule has 1 atom stereocenters. The van der Waals surface area contributed by atoms with Crippen LogP contribution in [0, 0.1) is 13.8 Å². The molecule has 0 spiro atoms. The van der Waals surface area contributed by atoms with E-state index in [1.54, 1.807) is 11.3 Å². The average Bonchev–Trinajstić information content (AvgIpc) is 2.96. The minimum atomic E-state index is -3.62. The highest BCUT2D eigenvalue weighted by Gasteiger charge is 2.21. The molecule has 0 aliphatic rings. The average molecular weight is 329 g/mol. The molecule has 0 bridgehead atoms. The minimum Gasteiger partial charge on any atom is -0.394 e. The number of aliphatic hydroxyl groups excluding tert-OH is 1. The molecule has 0 amide bonds. The number of hydrogen-bond donors (Lipinski definition) is 2. The Bertz CT molecular complexity index is 719. The second-order valence-electron chi connectivity index (χ2n) is 4.87. The number of aromatic nitrogens is 2. The number of sulfonamides is 1. The molecule has 0 aliphatic heterocycles. The summed E-state index contributed by atoms with van der Waals surface area (Å²) >= 11 is 1.65. The zero-order valence-corrected chi connectivity index (χ0v) is 13.8. The van der Waals surface area contributed by atoms with Gasteiger partial charge in [0.05, 0.1) is 19.3 Å². The van der Waals surface area contributed by atoms with Crippen LogP contribution in [0.5, 0.6) is 0 Å². The molecule has 0 aromatic carbocycles. The van der Waals surface area contributed by atoms with Crippen LogP contribution in [0.15, 0.2) is 23.4 Å². The van der Waals surface area contributed by atoms with Gasteiger partial charge < -0.3 is 5.11 Å². The van der Waals surface area contributed by atoms with Gasteiger partial charge in [-0.25, -0.2) is 13.1 Å². The Balaban J connectivity index is 2.18. The lowest BCUT2D eigenvalue weighted by molar-refractivity contribution is 0.269. The quantitative estimate of drug-likeness (QED) is 0.843. The Morgan fingerprint density at radius 1 is 1.48 bits per heavy atom. The smallest absolute Gasteiger partial charge is 0.244 e. The lowest BCUT2D eigenvalue weighted by atomic mass is 10.1. The molecule has 8 heteroatoms. The number of aliphatic hydroxyl groups is 1. The van der Waals surface area contributed by atoms with E-state index in [-0.39, 0.29) is 24.1 Å². The van der Waals surface area contributed by atoms with Crippen molar-refractivity contribution < 1.29 is 13.5 Å². The number of nitrogens with zero attached hydrogens (tertiary/aromatic N) is 2. The molecule has 0 saturated heterocycles. The summed E-state index contributed by atoms with van der Waals surface area (Å²) in [5.41, 5.74) is 0.990. The van der Waals surface area contributed by atoms with Crippen LogP contribution in [0.1, 0.15) is 28.3 Å². The third-order valence-corrected chi connectivity index (χ3v) is 5.60. The maximum absolute atomic E-state index is 12.3. The van der Waals surface area contributed by atoms with Crippen LogP contribution in [0.2, 0.25) is 0 Å². The maximum Gasteiger partial charge on any atom is 0.244 e. The van der Waals surface area contributed by atoms with E-state index in [0.29, 0.717) is 0 Å². The summed E-state index contributed by atoms with van der Waals surface area (Å²) in [6, 6.07) is 1.70. The molecule has 2 N–H and O–H groups in total. The number of aryl methyl sites for hydroxylation is 2. The summed E-state index contributed by atoms with van der Waals surface area (Å²) in [5, 5.41) is 12.7. The van der Waals surface area contributed by atoms with Gasteiger partial charge in [-0.1, -0.05) is 0 Å². The van der Waals surface area contributed by atoms with E-state index in [1.165, 1.54) is 17.1 Å². The zero-order chi connectivity index (χ0) is 15.6. The molecule has 2 aromatic heterocycles. The fourth-order valence-corrected chi connectivity index (χ4v) is 4.35. The van der Waals surface area contributed by atoms with Gasteiger partial charge in [0.2, 0.25) is 10.0 Å². The Kier molecular flexibility index (Phi) is 4.82. The van der Waals surface area contributed by atoms with Crippen LogP contribution >= 0.6 is 11.3 Å². The van der Waals surface area contributed by atoms with Crippen LogP contribution in [-0.2, 0) is 16.6 Å². The molecular formula is C13H19N3O3S2. The van der Waals surface area contributed by atoms with E-state index in [0.717, 1.165) is 15.3 Å². The van der Waals surface area contributed by atoms with Crippen LogP contribution in [0.3, 0.4) is 0 Å². The number of hydrogen-bond acceptors (Lipinski definition) is 5. The van der Waals surface area contributed by atoms with E-state index < -0.39 is 10.0 Å². The topological polar surface area (TPSA) is 84.2 Å². The van der Waals surface area contributed by atoms with Gasteiger partial charge in [0.15, 0.2) is 0 Å². The second kappa shape index (κ2) is 6.27. The Labute approximate surface area is 128 Å². The van der Waals surface area contributed by atoms with Crippen LogP contribution in [0.4, 0.5) is 0 Å². The molecule has 0 aliphatic carbocycles. The standard InChI is InChI=1S/C13H19N3O3S2/c1-9-6-13(11(3)20-9)10(2)15-21(18,19)12-7-14-16(8-12)4-5-17/h6-8,10,15,17H,4-5H2,1-3H3. The molecule has 2 rings (SSSR count). The van der Waals surface area contributed by atoms with Crippen LogP contribution in [0.25, 0.3) is 0 Å². The van der Waals surface area contributed by atoms with Gasteiger partial charge >= 0.3 is 0 Å². The fourth-order valence-electron chi connectivity index (χ4n) is 2.15. The fraction of sp³-hybridized carbons (Fsp3) is 0.462. The number of thiophene rings is 1. The maximum atomic E-state index is 12.3. The van der Waals surface area contributed by atoms with Gasteiger partial charge in [-0.15, -0.1) is 11.3 Å². The monoisotopic (exact) mass is 329 g/mol. The van der Waals surface area contributed by atoms with Gasteiger partial charge in [0.1, 0.15) is 4.90 Å². The van der Waals surface area contributed by atoms with Crippen molar-refractivity contribution in [3.63, 3.8) is 0 Å². The van der Waals surface area contributed by atoms with Crippen molar-refractivity contribution in [2.45, 2.75) is 38.3 Å². The molecule has 6 nitrogen and oxygen atoms in total. The van der Waals surface area contributed by atoms with Crippen molar-refractivity contribution in [1.82, 2.24) is 14.5 Å². The second-order valence-corrected chi connectivity index (χ2v) is 8.05. The molecule has 0 radical (unpaired) electrons. The van der Waals surface area contributed by atoms with Gasteiger partial charge in [-0.3, -0.25) is 4.68 Å². The predicted molar refractivity (Wildman–Crippen MR) is 81.8 cm³/mol. The largest absolute Gasteiger partial charge is 0.394 e. The van der Waals surface area contributed by atoms with Gasteiger partial charge in [-0.05, 0) is 32.4 Å². The zero-order valence-electron chi connectivity index (χ0n) is 12.2. The SMILES string of the molecule is Cc1cc(C(C)NS(=O)(=O)c2cnn(CCO)c2)c(C)s1. The summed E-state index contributed by atoms with van der Waals surface area (Å²) < 4.78 is 28.7. The molecule has 0 fully saturated rings. The Hall–Kier alpha value is -1.22. The van der Waals surface area contributed by atoms with E-state index in [9.17, 15) is 8.42 Å². The molecule has 2 heterocycles. The lowest BCUT2D eigenvalue weighted by Crippen LogP contribution is -2.26. The molecule has 21 heavy (non-hydrogen) atoms. The van der Waals surface area contributed by atoms with E-state index in [2.05, 4.69) is 9.82 Å². The molecule has 116 valence electrons. The van der Waals surface area contributed by atoms with Crippen molar-refractivity contribution in [3.8, 4) is 0 Å². The van der Waals surface area contributed by atoms with Crippen molar-refractivity contribution in [2.75, 3.05) is 6.61 Å². The highest BCUT2D eigenvalue weighted by Crippen LogP contribution is 2.27. The normalized spacial score (nSPS) is 13.5. The predicted octanol–water partition coefficient (Wildman–Crippen LogP) is 1.59. The first-order valence-corrected chi connectivity index (χ1v) is 8.86. The van der Waals surface area contributed by atoms with Gasteiger partial charge in [-0.2, -0.15) is 5.10 Å². The summed E-state index contributed by atoms with van der Waals surface area (Å²) in [6.07, 6.45) is 2.70. The summed E-state index contributed by atoms with van der Waals surface area (Å²) in [5.74, 6) is 0. The first-order chi connectivity index (χ1) is 9.83. The van der Waals surface area contributed by atoms with Crippen molar-refractivity contribution in [3.05, 3.63) is 33.8 Å². The molecular weight excluding hydrogens is 310 g/mol. The molecule has 0 saturated carbocycles. The summed E-state index contributed by atoms with van der Waals surface area (Å²) in [6.45, 7) is 5.99. The third kappa shape index (κ3) is 3.70.